The number of halogens is 1. The van der Waals surface area contributed by atoms with Gasteiger partial charge in [-0.2, -0.15) is 0 Å². The summed E-state index contributed by atoms with van der Waals surface area (Å²) >= 11 is 9.54. The molecule has 3 aromatic carbocycles. The summed E-state index contributed by atoms with van der Waals surface area (Å²) in [6.07, 6.45) is 0. The minimum Gasteiger partial charge on any atom is 0 e. The summed E-state index contributed by atoms with van der Waals surface area (Å²) in [7, 11) is 3.34. The van der Waals surface area contributed by atoms with Crippen LogP contribution in [0.5, 0.6) is 11.5 Å². The molecule has 2 aliphatic heterocycles. The first-order chi connectivity index (χ1) is 16.4. The second kappa shape index (κ2) is 15.8. The minimum absolute atomic E-state index is 0. The molecule has 0 aromatic heterocycles. The van der Waals surface area contributed by atoms with Gasteiger partial charge in [-0.1, -0.05) is 45.6 Å². The molecule has 3 N–H and O–H groups in total. The van der Waals surface area contributed by atoms with Crippen molar-refractivity contribution < 1.29 is 160 Å². The van der Waals surface area contributed by atoms with E-state index in [1.54, 1.807) is 20.3 Å². The number of methoxy groups -OCH3 is 2. The second-order valence-electron chi connectivity index (χ2n) is 7.16. The van der Waals surface area contributed by atoms with Crippen LogP contribution in [0.4, 0.5) is 0 Å². The smallest absolute Gasteiger partial charge is 0 e. The Balaban J connectivity index is 0.000000391. The van der Waals surface area contributed by atoms with Crippen molar-refractivity contribution in [2.75, 3.05) is 14.2 Å². The number of hydrogen-bond donors (Lipinski definition) is 3. The van der Waals surface area contributed by atoms with Gasteiger partial charge in [0.15, 0.2) is 0 Å². The molecule has 0 spiro atoms. The normalized spacial score (nSPS) is 24.3. The van der Waals surface area contributed by atoms with E-state index in [9.17, 15) is 15.1 Å². The van der Waals surface area contributed by atoms with Crippen molar-refractivity contribution in [2.45, 2.75) is 0 Å². The molecular formula is C21H21Ac3IO7P2S4. The molecule has 2 aliphatic rings. The van der Waals surface area contributed by atoms with Gasteiger partial charge < -0.3 is 9.47 Å². The van der Waals surface area contributed by atoms with Gasteiger partial charge in [-0.25, -0.2) is 0 Å². The summed E-state index contributed by atoms with van der Waals surface area (Å²) in [4.78, 5) is 11.0. The maximum absolute atomic E-state index is 11.0. The molecule has 0 atom stereocenters. The first kappa shape index (κ1) is 39.7. The Labute approximate surface area is 349 Å². The van der Waals surface area contributed by atoms with Crippen LogP contribution < -0.4 is 20.1 Å². The van der Waals surface area contributed by atoms with Crippen LogP contribution in [0.3, 0.4) is 0 Å². The van der Waals surface area contributed by atoms with Crippen molar-refractivity contribution in [3.05, 3.63) is 81.9 Å². The first-order valence-corrected chi connectivity index (χ1v) is 24.3. The topological polar surface area (TPSA) is 105 Å². The molecule has 3 aromatic rings. The molecule has 197 valence electrons. The van der Waals surface area contributed by atoms with Gasteiger partial charge in [0.2, 0.25) is 0 Å². The van der Waals surface area contributed by atoms with Crippen molar-refractivity contribution in [3.8, 4) is 11.5 Å². The van der Waals surface area contributed by atoms with Crippen molar-refractivity contribution in [1.82, 2.24) is 0 Å². The Bertz CT molecular complexity index is 1310. The van der Waals surface area contributed by atoms with E-state index in [2.05, 4.69) is 27.3 Å². The van der Waals surface area contributed by atoms with E-state index in [4.69, 9.17) is 33.1 Å². The fourth-order valence-electron chi connectivity index (χ4n) is 3.13. The molecule has 1 saturated heterocycles. The molecule has 0 amide bonds. The van der Waals surface area contributed by atoms with Crippen LogP contribution in [0.25, 0.3) is 0 Å². The fraction of sp³-hybridized carbons (Fsp3) is 0.0952. The summed E-state index contributed by atoms with van der Waals surface area (Å²) in [5.41, 5.74) is 0.0177. The molecular weight excluding hydrogens is 1360 g/mol. The molecule has 3 radical (unpaired) electrons. The molecule has 0 saturated carbocycles. The summed E-state index contributed by atoms with van der Waals surface area (Å²) in [5, 5.41) is 2.43. The zero-order chi connectivity index (χ0) is 25.5. The summed E-state index contributed by atoms with van der Waals surface area (Å²) in [6.45, 7) is 0. The van der Waals surface area contributed by atoms with Gasteiger partial charge in [-0.05, 0) is 48.5 Å². The maximum Gasteiger partial charge on any atom is 0 e. The molecule has 0 bridgehead atoms. The van der Waals surface area contributed by atoms with Crippen LogP contribution in [-0.2, 0) is 26.7 Å². The number of carbonyl (C=O) groups excluding carboxylic acids is 1. The molecule has 0 aliphatic carbocycles. The van der Waals surface area contributed by atoms with Gasteiger partial charge in [-0.15, -0.1) is 0 Å². The van der Waals surface area contributed by atoms with E-state index in [-0.39, 0.29) is 141 Å². The average Bonchev–Trinajstić information content (AvgIpc) is 3.03. The predicted octanol–water partition coefficient (Wildman–Crippen LogP) is 4.99. The zero-order valence-electron chi connectivity index (χ0n) is 20.0. The van der Waals surface area contributed by atoms with E-state index in [1.807, 2.05) is 46.3 Å². The largest absolute Gasteiger partial charge is 0 e. The second-order valence-corrected chi connectivity index (χ2v) is 34.4. The SMILES string of the molecule is COc1ccc(P2(=S)SP(=S)(c3ccc(OC)cc3)S2)cc1.O=C1OI(O)(O)(O)c2ccccc21.[Ac].[Ac].[Ac]. The van der Waals surface area contributed by atoms with Gasteiger partial charge in [0.05, 0.1) is 23.1 Å². The van der Waals surface area contributed by atoms with Gasteiger partial charge in [0.1, 0.15) is 11.5 Å². The predicted molar refractivity (Wildman–Crippen MR) is 160 cm³/mol. The van der Waals surface area contributed by atoms with Gasteiger partial charge in [0, 0.05) is 143 Å². The number of hydrogen-bond acceptors (Lipinski definition) is 11. The molecule has 1 fully saturated rings. The van der Waals surface area contributed by atoms with Crippen molar-refractivity contribution in [1.29, 1.82) is 0 Å². The molecule has 38 heavy (non-hydrogen) atoms. The van der Waals surface area contributed by atoms with E-state index in [0.29, 0.717) is 0 Å². The number of fused-ring (bicyclic) bond motifs is 1. The number of rotatable bonds is 4. The Kier molecular flexibility index (Phi) is 16.5. The van der Waals surface area contributed by atoms with E-state index in [1.165, 1.54) is 28.8 Å². The van der Waals surface area contributed by atoms with Crippen molar-refractivity contribution in [3.63, 3.8) is 0 Å². The Morgan fingerprint density at radius 3 is 1.50 bits per heavy atom. The third-order valence-electron chi connectivity index (χ3n) is 4.87. The van der Waals surface area contributed by atoms with Crippen molar-refractivity contribution in [2.24, 2.45) is 0 Å². The Morgan fingerprint density at radius 2 is 1.13 bits per heavy atom. The zero-order valence-corrected chi connectivity index (χ0v) is 41.5. The molecule has 5 rings (SSSR count). The van der Waals surface area contributed by atoms with Gasteiger partial charge >= 0.3 is 76.2 Å². The maximum atomic E-state index is 11.0. The van der Waals surface area contributed by atoms with Crippen LogP contribution in [0.15, 0.2) is 72.8 Å². The summed E-state index contributed by atoms with van der Waals surface area (Å²) < 4.78 is 39.1. The summed E-state index contributed by atoms with van der Waals surface area (Å²) in [6, 6.07) is 21.9. The third-order valence-corrected chi connectivity index (χ3v) is 40.3. The number of ether oxygens (including phenoxy) is 2. The summed E-state index contributed by atoms with van der Waals surface area (Å²) in [5.74, 6) is 0.822. The van der Waals surface area contributed by atoms with Crippen molar-refractivity contribution >= 4 is 89.8 Å². The molecule has 7 nitrogen and oxygen atoms in total. The van der Waals surface area contributed by atoms with E-state index < -0.39 is 33.6 Å². The Hall–Kier alpha value is 3.66. The molecule has 17 heteroatoms. The van der Waals surface area contributed by atoms with E-state index in [0.717, 1.165) is 11.5 Å². The molecule has 0 unspecified atom stereocenters. The van der Waals surface area contributed by atoms with Gasteiger partial charge in [-0.3, -0.25) is 0 Å². The third kappa shape index (κ3) is 9.11. The first-order valence-electron chi connectivity index (χ1n) is 9.75. The standard InChI is InChI=1S/C14H14O2P2S4.C7H7IO5.3Ac/c1-15-11-3-7-13(8-4-11)17(19)21-18(20,22-17)14-9-5-12(16-2)6-10-14;9-7-5-3-1-2-4-6(5)8(10,11,12)13-7;;;/h3-10H,1-2H3;1-4,10-12H;;;. The monoisotopic (exact) mass is 1380 g/mol. The van der Waals surface area contributed by atoms with Crippen LogP contribution in [-0.4, -0.2) is 30.5 Å². The van der Waals surface area contributed by atoms with Crippen LogP contribution >= 0.6 is 49.6 Å². The van der Waals surface area contributed by atoms with Gasteiger partial charge in [0.25, 0.3) is 0 Å². The fourth-order valence-corrected chi connectivity index (χ4v) is 48.9. The van der Waals surface area contributed by atoms with Crippen LogP contribution in [0.2, 0.25) is 0 Å². The minimum atomic E-state index is -5.96. The van der Waals surface area contributed by atoms with Crippen LogP contribution in [0.1, 0.15) is 10.4 Å². The quantitative estimate of drug-likeness (QED) is 0.243. The number of carbonyl (C=O) groups is 1. The van der Waals surface area contributed by atoms with E-state index >= 15 is 0 Å². The Morgan fingerprint density at radius 1 is 0.737 bits per heavy atom. The molecule has 2 heterocycles. The average molecular weight is 1380 g/mol. The van der Waals surface area contributed by atoms with Crippen LogP contribution in [0, 0.1) is 136 Å². The number of benzene rings is 3.